The first-order chi connectivity index (χ1) is 9.36. The average molecular weight is 294 g/mol. The molecule has 0 aliphatic heterocycles. The van der Waals surface area contributed by atoms with E-state index in [2.05, 4.69) is 0 Å². The van der Waals surface area contributed by atoms with Crippen LogP contribution in [-0.4, -0.2) is 0 Å². The van der Waals surface area contributed by atoms with E-state index >= 15 is 0 Å². The Kier molecular flexibility index (Phi) is 2.83. The third-order valence-corrected chi connectivity index (χ3v) is 3.59. The van der Waals surface area contributed by atoms with E-state index in [9.17, 15) is 13.2 Å². The van der Waals surface area contributed by atoms with Gasteiger partial charge in [0.2, 0.25) is 0 Å². The van der Waals surface area contributed by atoms with Gasteiger partial charge in [-0.1, -0.05) is 18.3 Å². The number of alkyl halides is 3. The molecule has 0 saturated heterocycles. The third kappa shape index (κ3) is 2.08. The Morgan fingerprint density at radius 1 is 0.950 bits per heavy atom. The van der Waals surface area contributed by atoms with Crippen LogP contribution in [0.5, 0.6) is 0 Å². The van der Waals surface area contributed by atoms with E-state index in [4.69, 9.17) is 16.6 Å². The van der Waals surface area contributed by atoms with Gasteiger partial charge in [-0.25, -0.2) is 0 Å². The Balaban J connectivity index is 2.42. The van der Waals surface area contributed by atoms with Crippen molar-refractivity contribution in [1.82, 2.24) is 0 Å². The number of fused-ring (bicyclic) bond motifs is 2. The maximum atomic E-state index is 12.7. The highest BCUT2D eigenvalue weighted by Gasteiger charge is 2.30. The van der Waals surface area contributed by atoms with Crippen molar-refractivity contribution in [2.75, 3.05) is 0 Å². The molecule has 1 heterocycles. The second-order valence-electron chi connectivity index (χ2n) is 4.64. The van der Waals surface area contributed by atoms with E-state index in [0.29, 0.717) is 26.4 Å². The summed E-state index contributed by atoms with van der Waals surface area (Å²) in [4.78, 5) is 0. The molecule has 0 fully saturated rings. The molecule has 3 aromatic rings. The quantitative estimate of drug-likeness (QED) is 0.393. The Hall–Kier alpha value is -1.88. The highest BCUT2D eigenvalue weighted by molar-refractivity contribution is 7.72. The molecule has 102 valence electrons. The molecule has 0 amide bonds. The van der Waals surface area contributed by atoms with Crippen molar-refractivity contribution in [3.63, 3.8) is 0 Å². The van der Waals surface area contributed by atoms with Crippen molar-refractivity contribution in [1.29, 1.82) is 0 Å². The van der Waals surface area contributed by atoms with E-state index in [1.807, 2.05) is 19.1 Å². The largest absolute Gasteiger partial charge is 0.456 e. The van der Waals surface area contributed by atoms with Crippen LogP contribution < -0.4 is 0 Å². The third-order valence-electron chi connectivity index (χ3n) is 3.15. The Morgan fingerprint density at radius 2 is 1.70 bits per heavy atom. The first kappa shape index (κ1) is 13.1. The lowest BCUT2D eigenvalue weighted by molar-refractivity contribution is -0.137. The normalized spacial score (nSPS) is 12.2. The molecule has 1 aromatic heterocycles. The van der Waals surface area contributed by atoms with E-state index in [0.717, 1.165) is 17.7 Å². The first-order valence-electron chi connectivity index (χ1n) is 5.91. The second kappa shape index (κ2) is 4.31. The highest BCUT2D eigenvalue weighted by Crippen LogP contribution is 2.33. The average Bonchev–Trinajstić information content (AvgIpc) is 2.37. The van der Waals surface area contributed by atoms with Crippen LogP contribution in [0.1, 0.15) is 11.1 Å². The first-order valence-corrected chi connectivity index (χ1v) is 6.31. The van der Waals surface area contributed by atoms with Gasteiger partial charge in [0.25, 0.3) is 0 Å². The Bertz CT molecular complexity index is 878. The summed E-state index contributed by atoms with van der Waals surface area (Å²) in [5, 5.41) is 0.962. The van der Waals surface area contributed by atoms with Crippen LogP contribution in [0.4, 0.5) is 13.2 Å². The molecule has 2 aromatic carbocycles. The summed E-state index contributed by atoms with van der Waals surface area (Å²) in [5.74, 6) is 0. The van der Waals surface area contributed by atoms with Crippen LogP contribution in [0.25, 0.3) is 21.9 Å². The second-order valence-corrected chi connectivity index (χ2v) is 5.05. The maximum Gasteiger partial charge on any atom is 0.416 e. The van der Waals surface area contributed by atoms with E-state index in [1.54, 1.807) is 6.07 Å². The summed E-state index contributed by atoms with van der Waals surface area (Å²) in [6.07, 6.45) is -4.39. The molecule has 0 aliphatic rings. The molecule has 0 saturated carbocycles. The summed E-state index contributed by atoms with van der Waals surface area (Å²) in [7, 11) is 0. The topological polar surface area (TPSA) is 13.1 Å². The van der Waals surface area contributed by atoms with Crippen molar-refractivity contribution < 1.29 is 17.6 Å². The molecule has 5 heteroatoms. The standard InChI is InChI=1S/C15H9F3OS/c1-8-2-4-10-13(6-8)19-12-5-3-9(15(16,17)18)7-11(12)14(10)20/h2-7H,1H3. The minimum absolute atomic E-state index is 0.311. The molecule has 0 atom stereocenters. The molecule has 0 aliphatic carbocycles. The summed E-state index contributed by atoms with van der Waals surface area (Å²) in [6, 6.07) is 8.81. The highest BCUT2D eigenvalue weighted by atomic mass is 32.1. The van der Waals surface area contributed by atoms with Gasteiger partial charge in [0.05, 0.1) is 10.1 Å². The number of hydrogen-bond donors (Lipinski definition) is 0. The lowest BCUT2D eigenvalue weighted by Gasteiger charge is -2.08. The van der Waals surface area contributed by atoms with Gasteiger partial charge in [-0.15, -0.1) is 0 Å². The predicted molar refractivity (Wildman–Crippen MR) is 74.3 cm³/mol. The van der Waals surface area contributed by atoms with E-state index < -0.39 is 11.7 Å². The zero-order valence-corrected chi connectivity index (χ0v) is 11.2. The number of aryl methyl sites for hydroxylation is 1. The lowest BCUT2D eigenvalue weighted by Crippen LogP contribution is -2.04. The minimum atomic E-state index is -4.39. The summed E-state index contributed by atoms with van der Waals surface area (Å²) in [5.41, 5.74) is 1.23. The van der Waals surface area contributed by atoms with Crippen LogP contribution in [0, 0.1) is 11.4 Å². The molecule has 0 radical (unpaired) electrons. The number of benzene rings is 2. The molecule has 3 rings (SSSR count). The molecule has 0 bridgehead atoms. The Morgan fingerprint density at radius 3 is 2.40 bits per heavy atom. The maximum absolute atomic E-state index is 12.7. The van der Waals surface area contributed by atoms with Crippen LogP contribution in [0.15, 0.2) is 40.8 Å². The molecule has 1 nitrogen and oxygen atoms in total. The summed E-state index contributed by atoms with van der Waals surface area (Å²) >= 11 is 5.29. The molecule has 0 N–H and O–H groups in total. The number of halogens is 3. The van der Waals surface area contributed by atoms with Crippen molar-refractivity contribution in [2.24, 2.45) is 0 Å². The molecule has 20 heavy (non-hydrogen) atoms. The van der Waals surface area contributed by atoms with Crippen LogP contribution in [0.2, 0.25) is 0 Å². The van der Waals surface area contributed by atoms with E-state index in [1.165, 1.54) is 6.07 Å². The predicted octanol–water partition coefficient (Wildman–Crippen LogP) is 5.64. The molecular weight excluding hydrogens is 285 g/mol. The zero-order chi connectivity index (χ0) is 14.5. The smallest absolute Gasteiger partial charge is 0.416 e. The van der Waals surface area contributed by atoms with Crippen molar-refractivity contribution in [3.8, 4) is 0 Å². The fourth-order valence-electron chi connectivity index (χ4n) is 2.14. The monoisotopic (exact) mass is 294 g/mol. The van der Waals surface area contributed by atoms with Crippen molar-refractivity contribution in [2.45, 2.75) is 13.1 Å². The minimum Gasteiger partial charge on any atom is -0.456 e. The lowest BCUT2D eigenvalue weighted by atomic mass is 10.1. The summed E-state index contributed by atoms with van der Waals surface area (Å²) < 4.78 is 44.3. The number of rotatable bonds is 0. The van der Waals surface area contributed by atoms with Gasteiger partial charge in [0.1, 0.15) is 11.2 Å². The number of hydrogen-bond acceptors (Lipinski definition) is 2. The van der Waals surface area contributed by atoms with Gasteiger partial charge in [0, 0.05) is 10.8 Å². The van der Waals surface area contributed by atoms with E-state index in [-0.39, 0.29) is 0 Å². The van der Waals surface area contributed by atoms with Crippen LogP contribution >= 0.6 is 12.2 Å². The van der Waals surface area contributed by atoms with Gasteiger partial charge in [0.15, 0.2) is 0 Å². The van der Waals surface area contributed by atoms with Gasteiger partial charge < -0.3 is 4.42 Å². The fourth-order valence-corrected chi connectivity index (χ4v) is 2.47. The molecule has 0 spiro atoms. The van der Waals surface area contributed by atoms with Crippen LogP contribution in [0.3, 0.4) is 0 Å². The molecular formula is C15H9F3OS. The SMILES string of the molecule is Cc1ccc2c(=S)c3cc(C(F)(F)F)ccc3oc2c1. The van der Waals surface area contributed by atoms with Gasteiger partial charge in [-0.05, 0) is 42.8 Å². The van der Waals surface area contributed by atoms with Gasteiger partial charge in [-0.3, -0.25) is 0 Å². The van der Waals surface area contributed by atoms with Crippen LogP contribution in [-0.2, 0) is 6.18 Å². The molecule has 0 unspecified atom stereocenters. The summed E-state index contributed by atoms with van der Waals surface area (Å²) in [6.45, 7) is 1.91. The zero-order valence-electron chi connectivity index (χ0n) is 10.4. The van der Waals surface area contributed by atoms with Gasteiger partial charge >= 0.3 is 6.18 Å². The van der Waals surface area contributed by atoms with Crippen molar-refractivity contribution in [3.05, 3.63) is 52.0 Å². The fraction of sp³-hybridized carbons (Fsp3) is 0.133. The Labute approximate surface area is 117 Å². The van der Waals surface area contributed by atoms with Crippen molar-refractivity contribution >= 4 is 34.2 Å². The van der Waals surface area contributed by atoms with Gasteiger partial charge in [-0.2, -0.15) is 13.2 Å².